The van der Waals surface area contributed by atoms with E-state index in [2.05, 4.69) is 13.8 Å². The van der Waals surface area contributed by atoms with Crippen molar-refractivity contribution >= 4 is 39.3 Å². The molecular weight excluding hydrogens is 394 g/mol. The summed E-state index contributed by atoms with van der Waals surface area (Å²) in [6.45, 7) is 10.4. The Morgan fingerprint density at radius 1 is 1.17 bits per heavy atom. The van der Waals surface area contributed by atoms with Crippen molar-refractivity contribution in [2.24, 2.45) is 11.8 Å². The lowest BCUT2D eigenvalue weighted by Crippen LogP contribution is -2.45. The third-order valence-electron chi connectivity index (χ3n) is 5.91. The van der Waals surface area contributed by atoms with Crippen molar-refractivity contribution in [2.75, 3.05) is 13.1 Å². The van der Waals surface area contributed by atoms with Crippen LogP contribution in [0.5, 0.6) is 0 Å². The molecule has 0 spiro atoms. The van der Waals surface area contributed by atoms with Crippen LogP contribution in [0, 0.1) is 11.8 Å². The molecule has 0 radical (unpaired) electrons. The van der Waals surface area contributed by atoms with Crippen molar-refractivity contribution in [1.82, 2.24) is 14.5 Å². The van der Waals surface area contributed by atoms with Gasteiger partial charge in [-0.25, -0.2) is 4.98 Å². The molecule has 1 aliphatic heterocycles. The number of aromatic nitrogens is 2. The summed E-state index contributed by atoms with van der Waals surface area (Å²) in [5, 5.41) is 3.04. The van der Waals surface area contributed by atoms with Crippen molar-refractivity contribution in [1.29, 1.82) is 0 Å². The zero-order chi connectivity index (χ0) is 21.4. The molecule has 158 valence electrons. The standard InChI is InChI=1S/C24H29N3O2S/c1-5-27-23(29)20-11-18-8-6-7-9-19(18)12-21(20)25-24(27)30-17(4)22(28)26-13-15(2)10-16(3)14-26/h6-9,11-12,15-17H,5,10,13-14H2,1-4H3. The average Bonchev–Trinajstić information content (AvgIpc) is 2.71. The zero-order valence-electron chi connectivity index (χ0n) is 18.1. The van der Waals surface area contributed by atoms with Crippen molar-refractivity contribution < 1.29 is 4.79 Å². The van der Waals surface area contributed by atoms with Gasteiger partial charge in [-0.15, -0.1) is 0 Å². The number of hydrogen-bond donors (Lipinski definition) is 0. The fourth-order valence-corrected chi connectivity index (χ4v) is 5.62. The van der Waals surface area contributed by atoms with E-state index in [0.717, 1.165) is 23.9 Å². The molecule has 3 aromatic rings. The maximum absolute atomic E-state index is 13.2. The Kier molecular flexibility index (Phi) is 5.87. The van der Waals surface area contributed by atoms with Gasteiger partial charge >= 0.3 is 0 Å². The summed E-state index contributed by atoms with van der Waals surface area (Å²) in [5.74, 6) is 1.18. The van der Waals surface area contributed by atoms with Crippen LogP contribution in [-0.2, 0) is 11.3 Å². The van der Waals surface area contributed by atoms with E-state index in [4.69, 9.17) is 4.98 Å². The van der Waals surface area contributed by atoms with E-state index in [0.29, 0.717) is 34.4 Å². The van der Waals surface area contributed by atoms with Gasteiger partial charge in [-0.05, 0) is 55.0 Å². The predicted molar refractivity (Wildman–Crippen MR) is 124 cm³/mol. The molecule has 2 heterocycles. The van der Waals surface area contributed by atoms with Gasteiger partial charge in [-0.1, -0.05) is 49.9 Å². The molecule has 4 rings (SSSR count). The first-order chi connectivity index (χ1) is 14.4. The van der Waals surface area contributed by atoms with Gasteiger partial charge in [0, 0.05) is 19.6 Å². The molecule has 1 fully saturated rings. The number of carbonyl (C=O) groups excluding carboxylic acids is 1. The number of carbonyl (C=O) groups is 1. The fourth-order valence-electron chi connectivity index (χ4n) is 4.57. The summed E-state index contributed by atoms with van der Waals surface area (Å²) in [6, 6.07) is 11.9. The van der Waals surface area contributed by atoms with Crippen LogP contribution in [0.2, 0.25) is 0 Å². The van der Waals surface area contributed by atoms with Crippen LogP contribution in [0.15, 0.2) is 46.3 Å². The van der Waals surface area contributed by atoms with Gasteiger partial charge in [0.25, 0.3) is 5.56 Å². The average molecular weight is 424 g/mol. The maximum Gasteiger partial charge on any atom is 0.262 e. The van der Waals surface area contributed by atoms with Crippen LogP contribution < -0.4 is 5.56 Å². The molecule has 3 unspecified atom stereocenters. The minimum atomic E-state index is -0.287. The Hall–Kier alpha value is -2.34. The second kappa shape index (κ2) is 8.42. The normalized spacial score (nSPS) is 20.6. The van der Waals surface area contributed by atoms with E-state index in [1.165, 1.54) is 18.2 Å². The molecule has 0 aliphatic carbocycles. The SMILES string of the molecule is CCn1c(SC(C)C(=O)N2CC(C)CC(C)C2)nc2cc3ccccc3cc2c1=O. The highest BCUT2D eigenvalue weighted by Gasteiger charge is 2.29. The Morgan fingerprint density at radius 2 is 1.80 bits per heavy atom. The Labute approximate surface area is 181 Å². The number of rotatable bonds is 4. The molecule has 0 saturated carbocycles. The van der Waals surface area contributed by atoms with Gasteiger partial charge in [0.15, 0.2) is 5.16 Å². The predicted octanol–water partition coefficient (Wildman–Crippen LogP) is 4.55. The summed E-state index contributed by atoms with van der Waals surface area (Å²) < 4.78 is 1.69. The number of thioether (sulfide) groups is 1. The molecule has 0 N–H and O–H groups in total. The Morgan fingerprint density at radius 3 is 2.43 bits per heavy atom. The maximum atomic E-state index is 13.2. The number of likely N-dealkylation sites (tertiary alicyclic amines) is 1. The lowest BCUT2D eigenvalue weighted by Gasteiger charge is -2.36. The number of nitrogens with zero attached hydrogens (tertiary/aromatic N) is 3. The lowest BCUT2D eigenvalue weighted by atomic mass is 9.92. The second-order valence-corrected chi connectivity index (χ2v) is 9.92. The monoisotopic (exact) mass is 423 g/mol. The highest BCUT2D eigenvalue weighted by Crippen LogP contribution is 2.28. The van der Waals surface area contributed by atoms with Crippen molar-refractivity contribution in [3.8, 4) is 0 Å². The van der Waals surface area contributed by atoms with Crippen molar-refractivity contribution in [2.45, 2.75) is 51.1 Å². The molecule has 6 heteroatoms. The van der Waals surface area contributed by atoms with Crippen molar-refractivity contribution in [3.63, 3.8) is 0 Å². The minimum Gasteiger partial charge on any atom is -0.341 e. The highest BCUT2D eigenvalue weighted by molar-refractivity contribution is 8.00. The quantitative estimate of drug-likeness (QED) is 0.351. The largest absolute Gasteiger partial charge is 0.341 e. The van der Waals surface area contributed by atoms with Gasteiger partial charge in [0.05, 0.1) is 16.2 Å². The number of hydrogen-bond acceptors (Lipinski definition) is 4. The summed E-state index contributed by atoms with van der Waals surface area (Å²) >= 11 is 1.39. The van der Waals surface area contributed by atoms with Crippen LogP contribution in [0.25, 0.3) is 21.7 Å². The van der Waals surface area contributed by atoms with Gasteiger partial charge in [-0.2, -0.15) is 0 Å². The zero-order valence-corrected chi connectivity index (χ0v) is 18.9. The summed E-state index contributed by atoms with van der Waals surface area (Å²) in [7, 11) is 0. The minimum absolute atomic E-state index is 0.0457. The Balaban J connectivity index is 1.68. The number of fused-ring (bicyclic) bond motifs is 2. The summed E-state index contributed by atoms with van der Waals surface area (Å²) in [4.78, 5) is 33.1. The number of piperidine rings is 1. The topological polar surface area (TPSA) is 55.2 Å². The van der Waals surface area contributed by atoms with E-state index < -0.39 is 0 Å². The van der Waals surface area contributed by atoms with E-state index in [-0.39, 0.29) is 16.7 Å². The lowest BCUT2D eigenvalue weighted by molar-refractivity contribution is -0.132. The van der Waals surface area contributed by atoms with E-state index in [1.807, 2.05) is 55.1 Å². The van der Waals surface area contributed by atoms with Crippen LogP contribution >= 0.6 is 11.8 Å². The molecule has 1 aromatic heterocycles. The first-order valence-electron chi connectivity index (χ1n) is 10.8. The first kappa shape index (κ1) is 20.9. The number of benzene rings is 2. The smallest absolute Gasteiger partial charge is 0.262 e. The molecular formula is C24H29N3O2S. The van der Waals surface area contributed by atoms with Crippen LogP contribution in [-0.4, -0.2) is 38.7 Å². The molecule has 1 aliphatic rings. The van der Waals surface area contributed by atoms with Crippen LogP contribution in [0.1, 0.15) is 34.1 Å². The molecule has 0 bridgehead atoms. The van der Waals surface area contributed by atoms with Crippen LogP contribution in [0.4, 0.5) is 0 Å². The van der Waals surface area contributed by atoms with Gasteiger partial charge < -0.3 is 4.90 Å². The summed E-state index contributed by atoms with van der Waals surface area (Å²) in [6.07, 6.45) is 1.17. The van der Waals surface area contributed by atoms with E-state index in [1.54, 1.807) is 4.57 Å². The fraction of sp³-hybridized carbons (Fsp3) is 0.458. The molecule has 2 aromatic carbocycles. The van der Waals surface area contributed by atoms with Gasteiger partial charge in [0.1, 0.15) is 0 Å². The van der Waals surface area contributed by atoms with Crippen LogP contribution in [0.3, 0.4) is 0 Å². The van der Waals surface area contributed by atoms with Gasteiger partial charge in [-0.3, -0.25) is 14.2 Å². The van der Waals surface area contributed by atoms with Gasteiger partial charge in [0.2, 0.25) is 5.91 Å². The highest BCUT2D eigenvalue weighted by atomic mass is 32.2. The second-order valence-electron chi connectivity index (χ2n) is 8.61. The van der Waals surface area contributed by atoms with E-state index in [9.17, 15) is 9.59 Å². The van der Waals surface area contributed by atoms with E-state index >= 15 is 0 Å². The third-order valence-corrected chi connectivity index (χ3v) is 6.99. The molecule has 1 amide bonds. The Bertz CT molecular complexity index is 1150. The van der Waals surface area contributed by atoms with Crippen molar-refractivity contribution in [3.05, 3.63) is 46.8 Å². The molecule has 5 nitrogen and oxygen atoms in total. The molecule has 3 atom stereocenters. The molecule has 30 heavy (non-hydrogen) atoms. The first-order valence-corrected chi connectivity index (χ1v) is 11.6. The third kappa shape index (κ3) is 3.97. The summed E-state index contributed by atoms with van der Waals surface area (Å²) in [5.41, 5.74) is 0.640. The molecule has 1 saturated heterocycles. The number of amides is 1.